The summed E-state index contributed by atoms with van der Waals surface area (Å²) in [5.41, 5.74) is 2.79. The molecule has 182 valence electrons. The quantitative estimate of drug-likeness (QED) is 0.286. The minimum absolute atomic E-state index is 0.143. The van der Waals surface area contributed by atoms with Crippen molar-refractivity contribution in [3.63, 3.8) is 0 Å². The number of benzene rings is 3. The zero-order valence-corrected chi connectivity index (χ0v) is 20.2. The van der Waals surface area contributed by atoms with E-state index in [0.717, 1.165) is 7.11 Å². The molecule has 0 aliphatic heterocycles. The standard InChI is InChI=1S/C26H22N4O5S/c1-17-14-23(30(29-17)21-11-7-9-19(16-21)27-2)26(32)28-20-10-6-8-18(15-20)25(31)22-12-4-5-13-24(22)36(33,34)35-3/h4-16,25,31H,1,3H3,(H,28,32). The van der Waals surface area contributed by atoms with Gasteiger partial charge >= 0.3 is 0 Å². The predicted octanol–water partition coefficient (Wildman–Crippen LogP) is 4.40. The largest absolute Gasteiger partial charge is 0.384 e. The maximum Gasteiger partial charge on any atom is 0.297 e. The molecule has 0 bridgehead atoms. The number of aliphatic hydroxyl groups is 1. The van der Waals surface area contributed by atoms with Crippen LogP contribution in [0.5, 0.6) is 0 Å². The van der Waals surface area contributed by atoms with Crippen molar-refractivity contribution in [2.75, 3.05) is 12.4 Å². The topological polar surface area (TPSA) is 115 Å². The van der Waals surface area contributed by atoms with Gasteiger partial charge in [0.1, 0.15) is 16.7 Å². The molecule has 4 aromatic rings. The lowest BCUT2D eigenvalue weighted by atomic mass is 10.0. The normalized spacial score (nSPS) is 12.1. The maximum atomic E-state index is 13.2. The fourth-order valence-electron chi connectivity index (χ4n) is 3.74. The third-order valence-corrected chi connectivity index (χ3v) is 6.78. The van der Waals surface area contributed by atoms with Crippen LogP contribution in [-0.4, -0.2) is 36.3 Å². The molecule has 0 saturated carbocycles. The first kappa shape index (κ1) is 24.8. The number of rotatable bonds is 7. The van der Waals surface area contributed by atoms with Crippen LogP contribution in [0.2, 0.25) is 0 Å². The number of hydrogen-bond donors (Lipinski definition) is 2. The van der Waals surface area contributed by atoms with Crippen LogP contribution in [0.4, 0.5) is 11.4 Å². The Labute approximate surface area is 208 Å². The second-order valence-corrected chi connectivity index (χ2v) is 9.54. The maximum absolute atomic E-state index is 13.2. The Hall–Kier alpha value is -4.30. The van der Waals surface area contributed by atoms with Crippen LogP contribution in [0.15, 0.2) is 83.8 Å². The number of aryl methyl sites for hydroxylation is 1. The summed E-state index contributed by atoms with van der Waals surface area (Å²) in [7, 11) is -2.98. The summed E-state index contributed by atoms with van der Waals surface area (Å²) in [6.45, 7) is 8.98. The van der Waals surface area contributed by atoms with E-state index >= 15 is 0 Å². The number of carbonyl (C=O) groups is 1. The van der Waals surface area contributed by atoms with Gasteiger partial charge in [0, 0.05) is 11.3 Å². The SMILES string of the molecule is [C-]#[N+]c1cccc(-n2nc(C)cc2C(=O)Nc2cccc(C(O)c3ccccc3S(=O)(=O)OC)c2)c1. The van der Waals surface area contributed by atoms with Gasteiger partial charge in [0.25, 0.3) is 16.0 Å². The number of nitrogens with one attached hydrogen (secondary N) is 1. The first-order valence-electron chi connectivity index (χ1n) is 10.8. The minimum Gasteiger partial charge on any atom is -0.384 e. The number of anilines is 1. The van der Waals surface area contributed by atoms with Gasteiger partial charge in [0.15, 0.2) is 5.69 Å². The monoisotopic (exact) mass is 502 g/mol. The van der Waals surface area contributed by atoms with Crippen molar-refractivity contribution in [3.8, 4) is 5.69 Å². The zero-order valence-electron chi connectivity index (χ0n) is 19.4. The van der Waals surface area contributed by atoms with E-state index < -0.39 is 22.1 Å². The fourth-order valence-corrected chi connectivity index (χ4v) is 4.63. The van der Waals surface area contributed by atoms with E-state index in [1.807, 2.05) is 0 Å². The predicted molar refractivity (Wildman–Crippen MR) is 134 cm³/mol. The Kier molecular flexibility index (Phi) is 6.98. The van der Waals surface area contributed by atoms with Crippen molar-refractivity contribution in [1.82, 2.24) is 9.78 Å². The highest BCUT2D eigenvalue weighted by molar-refractivity contribution is 7.86. The molecule has 36 heavy (non-hydrogen) atoms. The average molecular weight is 503 g/mol. The van der Waals surface area contributed by atoms with E-state index in [1.165, 1.54) is 22.9 Å². The molecule has 2 N–H and O–H groups in total. The number of nitrogens with zero attached hydrogens (tertiary/aromatic N) is 3. The summed E-state index contributed by atoms with van der Waals surface area (Å²) in [6.07, 6.45) is -1.29. The average Bonchev–Trinajstić information content (AvgIpc) is 3.30. The Morgan fingerprint density at radius 3 is 2.58 bits per heavy atom. The summed E-state index contributed by atoms with van der Waals surface area (Å²) in [4.78, 5) is 16.4. The molecule has 9 nitrogen and oxygen atoms in total. The molecule has 0 aliphatic rings. The summed E-state index contributed by atoms with van der Waals surface area (Å²) < 4.78 is 30.7. The van der Waals surface area contributed by atoms with E-state index in [-0.39, 0.29) is 16.2 Å². The molecule has 1 aromatic heterocycles. The van der Waals surface area contributed by atoms with Gasteiger partial charge in [-0.3, -0.25) is 8.98 Å². The molecular formula is C26H22N4O5S. The summed E-state index contributed by atoms with van der Waals surface area (Å²) >= 11 is 0. The highest BCUT2D eigenvalue weighted by Gasteiger charge is 2.23. The number of aliphatic hydroxyl groups excluding tert-OH is 1. The van der Waals surface area contributed by atoms with Crippen molar-refractivity contribution in [2.24, 2.45) is 0 Å². The zero-order chi connectivity index (χ0) is 25.9. The van der Waals surface area contributed by atoms with Gasteiger partial charge in [0.05, 0.1) is 25.1 Å². The van der Waals surface area contributed by atoms with Gasteiger partial charge in [0.2, 0.25) is 0 Å². The highest BCUT2D eigenvalue weighted by atomic mass is 32.2. The van der Waals surface area contributed by atoms with E-state index in [4.69, 9.17) is 6.57 Å². The van der Waals surface area contributed by atoms with Gasteiger partial charge in [-0.25, -0.2) is 9.53 Å². The smallest absolute Gasteiger partial charge is 0.297 e. The molecule has 3 aromatic carbocycles. The van der Waals surface area contributed by atoms with Crippen molar-refractivity contribution in [2.45, 2.75) is 17.9 Å². The van der Waals surface area contributed by atoms with Gasteiger partial charge in [-0.15, -0.1) is 0 Å². The van der Waals surface area contributed by atoms with Crippen LogP contribution in [0, 0.1) is 13.5 Å². The van der Waals surface area contributed by atoms with E-state index in [1.54, 1.807) is 67.6 Å². The van der Waals surface area contributed by atoms with E-state index in [2.05, 4.69) is 19.4 Å². The number of hydrogen-bond acceptors (Lipinski definition) is 6. The summed E-state index contributed by atoms with van der Waals surface area (Å²) in [5.74, 6) is -0.446. The molecule has 0 fully saturated rings. The molecule has 4 rings (SSSR count). The number of aromatic nitrogens is 2. The Bertz CT molecular complexity index is 1590. The highest BCUT2D eigenvalue weighted by Crippen LogP contribution is 2.30. The second-order valence-electron chi connectivity index (χ2n) is 7.86. The third-order valence-electron chi connectivity index (χ3n) is 5.43. The van der Waals surface area contributed by atoms with Crippen LogP contribution < -0.4 is 5.32 Å². The first-order valence-corrected chi connectivity index (χ1v) is 12.2. The van der Waals surface area contributed by atoms with Gasteiger partial charge in [-0.2, -0.15) is 13.5 Å². The fraction of sp³-hybridized carbons (Fsp3) is 0.115. The van der Waals surface area contributed by atoms with Crippen LogP contribution in [0.1, 0.15) is 33.4 Å². The Morgan fingerprint density at radius 1 is 1.08 bits per heavy atom. The van der Waals surface area contributed by atoms with Crippen LogP contribution >= 0.6 is 0 Å². The van der Waals surface area contributed by atoms with Crippen LogP contribution in [0.3, 0.4) is 0 Å². The van der Waals surface area contributed by atoms with E-state index in [0.29, 0.717) is 28.3 Å². The molecule has 1 unspecified atom stereocenters. The van der Waals surface area contributed by atoms with Gasteiger partial charge < -0.3 is 10.4 Å². The van der Waals surface area contributed by atoms with Gasteiger partial charge in [-0.1, -0.05) is 42.5 Å². The van der Waals surface area contributed by atoms with Crippen LogP contribution in [0.25, 0.3) is 10.5 Å². The molecule has 10 heteroatoms. The molecule has 0 radical (unpaired) electrons. The van der Waals surface area contributed by atoms with Crippen molar-refractivity contribution < 1.29 is 22.5 Å². The Morgan fingerprint density at radius 2 is 1.83 bits per heavy atom. The molecule has 1 heterocycles. The molecule has 0 aliphatic carbocycles. The number of amides is 1. The second kappa shape index (κ2) is 10.1. The molecule has 1 amide bonds. The van der Waals surface area contributed by atoms with E-state index in [9.17, 15) is 18.3 Å². The lowest BCUT2D eigenvalue weighted by Gasteiger charge is -2.16. The van der Waals surface area contributed by atoms with Crippen LogP contribution in [-0.2, 0) is 14.3 Å². The molecule has 1 atom stereocenters. The first-order chi connectivity index (χ1) is 17.2. The van der Waals surface area contributed by atoms with Crippen molar-refractivity contribution in [3.05, 3.63) is 113 Å². The lowest BCUT2D eigenvalue weighted by molar-refractivity contribution is 0.101. The lowest BCUT2D eigenvalue weighted by Crippen LogP contribution is -2.17. The van der Waals surface area contributed by atoms with Crippen molar-refractivity contribution in [1.29, 1.82) is 0 Å². The molecular weight excluding hydrogens is 480 g/mol. The summed E-state index contributed by atoms with van der Waals surface area (Å²) in [5, 5.41) is 18.2. The summed E-state index contributed by atoms with van der Waals surface area (Å²) in [6, 6.07) is 20.9. The minimum atomic E-state index is -4.04. The molecule has 0 saturated heterocycles. The van der Waals surface area contributed by atoms with Crippen molar-refractivity contribution >= 4 is 27.4 Å². The number of carbonyl (C=O) groups excluding carboxylic acids is 1. The Balaban J connectivity index is 1.64. The third kappa shape index (κ3) is 5.04. The molecule has 0 spiro atoms. The van der Waals surface area contributed by atoms with Gasteiger partial charge in [-0.05, 0) is 48.9 Å².